The highest BCUT2D eigenvalue weighted by atomic mass is 32.2. The minimum absolute atomic E-state index is 0.0133. The number of nitrogens with two attached hydrogens (primary N) is 1. The van der Waals surface area contributed by atoms with Gasteiger partial charge in [0.15, 0.2) is 9.84 Å². The molecule has 0 spiro atoms. The summed E-state index contributed by atoms with van der Waals surface area (Å²) < 4.78 is 23.3. The van der Waals surface area contributed by atoms with Crippen LogP contribution in [-0.4, -0.2) is 38.3 Å². The zero-order valence-corrected chi connectivity index (χ0v) is 12.0. The lowest BCUT2D eigenvalue weighted by atomic mass is 10.0. The van der Waals surface area contributed by atoms with Gasteiger partial charge in [-0.1, -0.05) is 12.1 Å². The van der Waals surface area contributed by atoms with Crippen molar-refractivity contribution in [1.29, 1.82) is 5.41 Å². The van der Waals surface area contributed by atoms with Gasteiger partial charge in [-0.15, -0.1) is 0 Å². The van der Waals surface area contributed by atoms with Gasteiger partial charge in [0.05, 0.1) is 17.2 Å². The first-order valence-corrected chi connectivity index (χ1v) is 8.05. The van der Waals surface area contributed by atoms with Gasteiger partial charge in [0.25, 0.3) is 0 Å². The second-order valence-electron chi connectivity index (χ2n) is 5.04. The molecule has 1 unspecified atom stereocenters. The summed E-state index contributed by atoms with van der Waals surface area (Å²) in [6, 6.07) is 5.52. The van der Waals surface area contributed by atoms with Crippen LogP contribution in [0.2, 0.25) is 0 Å². The Kier molecular flexibility index (Phi) is 3.54. The number of hydrogen-bond donors (Lipinski definition) is 2. The second kappa shape index (κ2) is 4.85. The summed E-state index contributed by atoms with van der Waals surface area (Å²) in [7, 11) is -2.95. The number of sulfone groups is 1. The highest BCUT2D eigenvalue weighted by Gasteiger charge is 2.30. The predicted molar refractivity (Wildman–Crippen MR) is 77.7 cm³/mol. The lowest BCUT2D eigenvalue weighted by Gasteiger charge is -2.37. The number of amidine groups is 1. The number of para-hydroxylation sites is 1. The third-order valence-electron chi connectivity index (χ3n) is 3.49. The van der Waals surface area contributed by atoms with Crippen molar-refractivity contribution in [3.63, 3.8) is 0 Å². The molecule has 2 rings (SSSR count). The molecule has 6 heteroatoms. The predicted octanol–water partition coefficient (Wildman–Crippen LogP) is 0.902. The van der Waals surface area contributed by atoms with Crippen LogP contribution >= 0.6 is 0 Å². The van der Waals surface area contributed by atoms with E-state index in [4.69, 9.17) is 11.1 Å². The minimum atomic E-state index is -2.95. The van der Waals surface area contributed by atoms with Gasteiger partial charge in [0.2, 0.25) is 0 Å². The summed E-state index contributed by atoms with van der Waals surface area (Å²) >= 11 is 0. The summed E-state index contributed by atoms with van der Waals surface area (Å²) in [5, 5.41) is 7.67. The first-order chi connectivity index (χ1) is 8.82. The molecule has 0 bridgehead atoms. The van der Waals surface area contributed by atoms with Crippen LogP contribution in [-0.2, 0) is 9.84 Å². The second-order valence-corrected chi connectivity index (χ2v) is 7.27. The van der Waals surface area contributed by atoms with Crippen LogP contribution in [0.4, 0.5) is 5.69 Å². The van der Waals surface area contributed by atoms with E-state index in [1.807, 2.05) is 30.9 Å². The van der Waals surface area contributed by atoms with E-state index >= 15 is 0 Å². The molecule has 1 saturated heterocycles. The standard InChI is InChI=1S/C13H19N3O2S/c1-9-4-3-5-11(13(14)15)12(9)16-6-7-19(17,18)8-10(16)2/h3-5,10H,6-8H2,1-2H3,(H3,14,15). The van der Waals surface area contributed by atoms with Crippen molar-refractivity contribution >= 4 is 21.4 Å². The maximum Gasteiger partial charge on any atom is 0.154 e. The molecule has 104 valence electrons. The first-order valence-electron chi connectivity index (χ1n) is 6.23. The average Bonchev–Trinajstić information content (AvgIpc) is 2.28. The van der Waals surface area contributed by atoms with Crippen LogP contribution in [0.5, 0.6) is 0 Å². The van der Waals surface area contributed by atoms with Crippen molar-refractivity contribution in [1.82, 2.24) is 0 Å². The number of nitrogens with one attached hydrogen (secondary N) is 1. The molecule has 1 atom stereocenters. The summed E-state index contributed by atoms with van der Waals surface area (Å²) in [5.41, 5.74) is 8.20. The Morgan fingerprint density at radius 3 is 2.74 bits per heavy atom. The summed E-state index contributed by atoms with van der Waals surface area (Å²) in [5.74, 6) is 0.321. The maximum absolute atomic E-state index is 11.6. The Morgan fingerprint density at radius 1 is 1.47 bits per heavy atom. The maximum atomic E-state index is 11.6. The van der Waals surface area contributed by atoms with Gasteiger partial charge in [0.1, 0.15) is 5.84 Å². The SMILES string of the molecule is Cc1cccc(C(=N)N)c1N1CCS(=O)(=O)CC1C. The van der Waals surface area contributed by atoms with Crippen molar-refractivity contribution in [3.8, 4) is 0 Å². The van der Waals surface area contributed by atoms with Gasteiger partial charge < -0.3 is 10.6 Å². The van der Waals surface area contributed by atoms with Gasteiger partial charge in [0, 0.05) is 18.2 Å². The summed E-state index contributed by atoms with van der Waals surface area (Å²) in [6.07, 6.45) is 0. The number of anilines is 1. The van der Waals surface area contributed by atoms with Crippen LogP contribution in [0.25, 0.3) is 0 Å². The molecule has 0 radical (unpaired) electrons. The fraction of sp³-hybridized carbons (Fsp3) is 0.462. The molecule has 5 nitrogen and oxygen atoms in total. The number of benzene rings is 1. The molecule has 1 aromatic rings. The molecule has 0 aliphatic carbocycles. The van der Waals surface area contributed by atoms with Gasteiger partial charge >= 0.3 is 0 Å². The van der Waals surface area contributed by atoms with Gasteiger partial charge in [-0.25, -0.2) is 8.42 Å². The Labute approximate surface area is 113 Å². The zero-order chi connectivity index (χ0) is 14.2. The van der Waals surface area contributed by atoms with Crippen molar-refractivity contribution in [3.05, 3.63) is 29.3 Å². The lowest BCUT2D eigenvalue weighted by molar-refractivity contribution is 0.568. The van der Waals surface area contributed by atoms with E-state index < -0.39 is 9.84 Å². The van der Waals surface area contributed by atoms with E-state index in [9.17, 15) is 8.42 Å². The molecule has 0 aromatic heterocycles. The van der Waals surface area contributed by atoms with Crippen LogP contribution in [0.1, 0.15) is 18.1 Å². The van der Waals surface area contributed by atoms with E-state index in [1.54, 1.807) is 6.07 Å². The Balaban J connectivity index is 2.45. The quantitative estimate of drug-likeness (QED) is 0.623. The molecule has 0 saturated carbocycles. The van der Waals surface area contributed by atoms with Gasteiger partial charge in [-0.2, -0.15) is 0 Å². The van der Waals surface area contributed by atoms with E-state index in [0.29, 0.717) is 12.1 Å². The molecule has 0 amide bonds. The minimum Gasteiger partial charge on any atom is -0.384 e. The average molecular weight is 281 g/mol. The topological polar surface area (TPSA) is 87.2 Å². The highest BCUT2D eigenvalue weighted by Crippen LogP contribution is 2.29. The Bertz CT molecular complexity index is 610. The van der Waals surface area contributed by atoms with Crippen LogP contribution in [0.15, 0.2) is 18.2 Å². The fourth-order valence-corrected chi connectivity index (χ4v) is 4.14. The van der Waals surface area contributed by atoms with Crippen LogP contribution in [0.3, 0.4) is 0 Å². The lowest BCUT2D eigenvalue weighted by Crippen LogP contribution is -2.48. The number of hydrogen-bond acceptors (Lipinski definition) is 4. The monoisotopic (exact) mass is 281 g/mol. The first kappa shape index (κ1) is 13.9. The van der Waals surface area contributed by atoms with Gasteiger partial charge in [-0.3, -0.25) is 5.41 Å². The molecule has 1 aliphatic heterocycles. The fourth-order valence-electron chi connectivity index (χ4n) is 2.59. The molecule has 3 N–H and O–H groups in total. The van der Waals surface area contributed by atoms with E-state index in [1.165, 1.54) is 0 Å². The molecular weight excluding hydrogens is 262 g/mol. The molecule has 19 heavy (non-hydrogen) atoms. The normalized spacial score (nSPS) is 22.2. The largest absolute Gasteiger partial charge is 0.384 e. The zero-order valence-electron chi connectivity index (χ0n) is 11.2. The molecule has 1 heterocycles. The van der Waals surface area contributed by atoms with Crippen LogP contribution < -0.4 is 10.6 Å². The summed E-state index contributed by atoms with van der Waals surface area (Å²) in [6.45, 7) is 4.30. The van der Waals surface area contributed by atoms with E-state index in [2.05, 4.69) is 0 Å². The summed E-state index contributed by atoms with van der Waals surface area (Å²) in [4.78, 5) is 2.05. The highest BCUT2D eigenvalue weighted by molar-refractivity contribution is 7.91. The van der Waals surface area contributed by atoms with Crippen LogP contribution in [0, 0.1) is 12.3 Å². The third-order valence-corrected chi connectivity index (χ3v) is 5.28. The number of nitrogen functional groups attached to an aromatic ring is 1. The number of rotatable bonds is 2. The molecular formula is C13H19N3O2S. The van der Waals surface area contributed by atoms with Gasteiger partial charge in [-0.05, 0) is 25.5 Å². The third kappa shape index (κ3) is 2.73. The number of aryl methyl sites for hydroxylation is 1. The van der Waals surface area contributed by atoms with Crippen molar-refractivity contribution in [2.24, 2.45) is 5.73 Å². The molecule has 1 aliphatic rings. The Morgan fingerprint density at radius 2 is 2.16 bits per heavy atom. The Hall–Kier alpha value is -1.56. The van der Waals surface area contributed by atoms with Crippen molar-refractivity contribution in [2.75, 3.05) is 23.0 Å². The smallest absolute Gasteiger partial charge is 0.154 e. The number of nitrogens with zero attached hydrogens (tertiary/aromatic N) is 1. The van der Waals surface area contributed by atoms with E-state index in [-0.39, 0.29) is 23.4 Å². The molecule has 1 fully saturated rings. The van der Waals surface area contributed by atoms with Crippen molar-refractivity contribution in [2.45, 2.75) is 19.9 Å². The van der Waals surface area contributed by atoms with Crippen molar-refractivity contribution < 1.29 is 8.42 Å². The molecule has 1 aromatic carbocycles. The van der Waals surface area contributed by atoms with E-state index in [0.717, 1.165) is 11.3 Å².